The number of carboxylic acid groups (broad SMARTS) is 1. The summed E-state index contributed by atoms with van der Waals surface area (Å²) in [5, 5.41) is 15.2. The van der Waals surface area contributed by atoms with Gasteiger partial charge in [0.25, 0.3) is 0 Å². The number of aromatic carboxylic acids is 1. The van der Waals surface area contributed by atoms with Crippen LogP contribution in [0.25, 0.3) is 10.4 Å². The molecule has 1 heterocycles. The van der Waals surface area contributed by atoms with Crippen molar-refractivity contribution in [3.8, 4) is 10.4 Å². The van der Waals surface area contributed by atoms with E-state index < -0.39 is 5.97 Å². The maximum Gasteiger partial charge on any atom is 0.339 e. The summed E-state index contributed by atoms with van der Waals surface area (Å²) >= 11 is 13.1. The second-order valence-corrected chi connectivity index (χ2v) is 7.60. The first-order valence-corrected chi connectivity index (χ1v) is 9.72. The molecule has 0 bridgehead atoms. The third-order valence-corrected chi connectivity index (χ3v) is 5.43. The minimum atomic E-state index is -1.09. The van der Waals surface area contributed by atoms with E-state index in [0.29, 0.717) is 27.0 Å². The fraction of sp³-hybridized carbons (Fsp3) is 0.100. The van der Waals surface area contributed by atoms with Gasteiger partial charge >= 0.3 is 5.97 Å². The zero-order valence-electron chi connectivity index (χ0n) is 14.0. The Morgan fingerprint density at radius 1 is 1.04 bits per heavy atom. The van der Waals surface area contributed by atoms with Gasteiger partial charge in [-0.15, -0.1) is 11.3 Å². The molecule has 0 aliphatic heterocycles. The smallest absolute Gasteiger partial charge is 0.339 e. The van der Waals surface area contributed by atoms with Crippen molar-refractivity contribution < 1.29 is 14.7 Å². The number of halogens is 2. The third-order valence-electron chi connectivity index (χ3n) is 3.92. The molecule has 27 heavy (non-hydrogen) atoms. The number of aryl methyl sites for hydroxylation is 1. The zero-order chi connectivity index (χ0) is 19.4. The van der Waals surface area contributed by atoms with Crippen molar-refractivity contribution in [3.63, 3.8) is 0 Å². The molecule has 3 aromatic rings. The number of hydrogen-bond acceptors (Lipinski definition) is 3. The molecule has 2 N–H and O–H groups in total. The molecule has 0 atom stereocenters. The van der Waals surface area contributed by atoms with Gasteiger partial charge in [0, 0.05) is 21.8 Å². The van der Waals surface area contributed by atoms with Gasteiger partial charge in [-0.05, 0) is 41.8 Å². The van der Waals surface area contributed by atoms with Gasteiger partial charge in [-0.1, -0.05) is 47.5 Å². The largest absolute Gasteiger partial charge is 0.478 e. The molecule has 2 aromatic carbocycles. The molecule has 0 aliphatic rings. The predicted octanol–water partition coefficient (Wildman–Crippen LogP) is 5.99. The van der Waals surface area contributed by atoms with Crippen LogP contribution in [-0.4, -0.2) is 17.0 Å². The van der Waals surface area contributed by atoms with Crippen molar-refractivity contribution in [2.24, 2.45) is 0 Å². The number of benzene rings is 2. The van der Waals surface area contributed by atoms with Crippen LogP contribution in [0.1, 0.15) is 22.3 Å². The molecule has 1 amide bonds. The monoisotopic (exact) mass is 419 g/mol. The van der Waals surface area contributed by atoms with Crippen molar-refractivity contribution in [3.05, 3.63) is 75.1 Å². The lowest BCUT2D eigenvalue weighted by molar-refractivity contribution is -0.116. The average molecular weight is 420 g/mol. The molecule has 0 fully saturated rings. The Morgan fingerprint density at radius 2 is 1.78 bits per heavy atom. The number of rotatable bonds is 6. The maximum atomic E-state index is 12.3. The van der Waals surface area contributed by atoms with Gasteiger partial charge in [-0.25, -0.2) is 4.79 Å². The summed E-state index contributed by atoms with van der Waals surface area (Å²) in [5.41, 5.74) is 2.07. The second-order valence-electron chi connectivity index (χ2n) is 5.84. The van der Waals surface area contributed by atoms with Crippen LogP contribution in [0, 0.1) is 0 Å². The normalized spacial score (nSPS) is 10.6. The van der Waals surface area contributed by atoms with Crippen LogP contribution in [0.5, 0.6) is 0 Å². The first-order chi connectivity index (χ1) is 12.9. The van der Waals surface area contributed by atoms with Crippen LogP contribution in [-0.2, 0) is 11.2 Å². The number of thiophene rings is 1. The zero-order valence-corrected chi connectivity index (χ0v) is 16.4. The Bertz CT molecular complexity index is 983. The van der Waals surface area contributed by atoms with E-state index in [2.05, 4.69) is 5.32 Å². The molecule has 0 aliphatic carbocycles. The molecule has 0 spiro atoms. The first-order valence-electron chi connectivity index (χ1n) is 8.09. The Hall–Kier alpha value is -2.34. The van der Waals surface area contributed by atoms with Crippen LogP contribution in [0.2, 0.25) is 10.0 Å². The molecule has 0 unspecified atom stereocenters. The van der Waals surface area contributed by atoms with E-state index in [9.17, 15) is 14.7 Å². The van der Waals surface area contributed by atoms with Gasteiger partial charge in [-0.2, -0.15) is 0 Å². The van der Waals surface area contributed by atoms with Crippen molar-refractivity contribution in [1.29, 1.82) is 0 Å². The summed E-state index contributed by atoms with van der Waals surface area (Å²) in [5.74, 6) is -1.34. The van der Waals surface area contributed by atoms with E-state index in [1.807, 2.05) is 12.1 Å². The fourth-order valence-electron chi connectivity index (χ4n) is 2.64. The highest BCUT2D eigenvalue weighted by Crippen LogP contribution is 2.36. The highest BCUT2D eigenvalue weighted by Gasteiger charge is 2.21. The summed E-state index contributed by atoms with van der Waals surface area (Å²) in [6.07, 6.45) is 0.745. The van der Waals surface area contributed by atoms with Gasteiger partial charge in [0.05, 0.1) is 10.6 Å². The van der Waals surface area contributed by atoms with Crippen LogP contribution in [0.3, 0.4) is 0 Å². The highest BCUT2D eigenvalue weighted by atomic mass is 35.5. The molecule has 1 aromatic heterocycles. The second kappa shape index (κ2) is 8.57. The fourth-order valence-corrected chi connectivity index (χ4v) is 3.98. The van der Waals surface area contributed by atoms with E-state index in [1.54, 1.807) is 41.8 Å². The van der Waals surface area contributed by atoms with Gasteiger partial charge in [0.2, 0.25) is 5.91 Å². The third kappa shape index (κ3) is 4.89. The molecule has 4 nitrogen and oxygen atoms in total. The molecule has 138 valence electrons. The van der Waals surface area contributed by atoms with E-state index in [0.717, 1.165) is 11.1 Å². The Balaban J connectivity index is 1.75. The van der Waals surface area contributed by atoms with Crippen LogP contribution < -0.4 is 5.32 Å². The van der Waals surface area contributed by atoms with Crippen molar-refractivity contribution in [2.45, 2.75) is 12.8 Å². The summed E-state index contributed by atoms with van der Waals surface area (Å²) in [4.78, 5) is 24.6. The number of carbonyl (C=O) groups is 2. The van der Waals surface area contributed by atoms with Crippen LogP contribution in [0.15, 0.2) is 53.9 Å². The average Bonchev–Trinajstić information content (AvgIpc) is 3.04. The van der Waals surface area contributed by atoms with E-state index >= 15 is 0 Å². The standard InChI is InChI=1S/C20H15Cl2NO3S/c21-14-7-5-13(6-8-14)19-18(20(25)26)16(11-27-19)23-17(24)9-4-12-2-1-3-15(22)10-12/h1-3,5-8,10-11H,4,9H2,(H,23,24)(H,25,26). The molecular formula is C20H15Cl2NO3S. The molecular weight excluding hydrogens is 405 g/mol. The van der Waals surface area contributed by atoms with Gasteiger partial charge in [0.1, 0.15) is 5.56 Å². The molecule has 0 radical (unpaired) electrons. The Kier molecular flexibility index (Phi) is 6.16. The lowest BCUT2D eigenvalue weighted by Crippen LogP contribution is -2.14. The topological polar surface area (TPSA) is 66.4 Å². The predicted molar refractivity (Wildman–Crippen MR) is 110 cm³/mol. The maximum absolute atomic E-state index is 12.3. The number of anilines is 1. The lowest BCUT2D eigenvalue weighted by atomic mass is 10.1. The highest BCUT2D eigenvalue weighted by molar-refractivity contribution is 7.14. The number of nitrogens with one attached hydrogen (secondary N) is 1. The van der Waals surface area contributed by atoms with Crippen LogP contribution >= 0.6 is 34.5 Å². The quantitative estimate of drug-likeness (QED) is 0.515. The van der Waals surface area contributed by atoms with E-state index in [1.165, 1.54) is 11.3 Å². The van der Waals surface area contributed by atoms with Gasteiger partial charge in [-0.3, -0.25) is 4.79 Å². The number of carboxylic acids is 1. The van der Waals surface area contributed by atoms with Crippen molar-refractivity contribution >= 4 is 52.1 Å². The molecule has 0 saturated heterocycles. The Morgan fingerprint density at radius 3 is 2.44 bits per heavy atom. The molecule has 3 rings (SSSR count). The number of hydrogen-bond donors (Lipinski definition) is 2. The molecule has 7 heteroatoms. The number of amides is 1. The summed E-state index contributed by atoms with van der Waals surface area (Å²) < 4.78 is 0. The van der Waals surface area contributed by atoms with Crippen molar-refractivity contribution in [2.75, 3.05) is 5.32 Å². The minimum absolute atomic E-state index is 0.0819. The van der Waals surface area contributed by atoms with Crippen molar-refractivity contribution in [1.82, 2.24) is 0 Å². The van der Waals surface area contributed by atoms with Gasteiger partial charge < -0.3 is 10.4 Å². The lowest BCUT2D eigenvalue weighted by Gasteiger charge is -2.07. The summed E-state index contributed by atoms with van der Waals surface area (Å²) in [6.45, 7) is 0. The number of carbonyl (C=O) groups excluding carboxylic acids is 1. The van der Waals surface area contributed by atoms with Crippen LogP contribution in [0.4, 0.5) is 5.69 Å². The Labute approximate surface area is 170 Å². The summed E-state index contributed by atoms with van der Waals surface area (Å²) in [7, 11) is 0. The van der Waals surface area contributed by atoms with Gasteiger partial charge in [0.15, 0.2) is 0 Å². The van der Waals surface area contributed by atoms with E-state index in [-0.39, 0.29) is 17.9 Å². The van der Waals surface area contributed by atoms with E-state index in [4.69, 9.17) is 23.2 Å². The first kappa shape index (κ1) is 19.4. The molecule has 0 saturated carbocycles. The SMILES string of the molecule is O=C(CCc1cccc(Cl)c1)Nc1csc(-c2ccc(Cl)cc2)c1C(=O)O. The minimum Gasteiger partial charge on any atom is -0.478 e. The summed E-state index contributed by atoms with van der Waals surface area (Å²) in [6, 6.07) is 14.2.